The van der Waals surface area contributed by atoms with E-state index in [2.05, 4.69) is 10.5 Å². The Bertz CT molecular complexity index is 309. The number of nitrogens with one attached hydrogen (secondary N) is 1. The first-order valence-electron chi connectivity index (χ1n) is 4.71. The average Bonchev–Trinajstić information content (AvgIpc) is 2.43. The van der Waals surface area contributed by atoms with Crippen molar-refractivity contribution in [3.63, 3.8) is 0 Å². The largest absolute Gasteiger partial charge is 0.361 e. The van der Waals surface area contributed by atoms with Crippen molar-refractivity contribution in [2.75, 3.05) is 0 Å². The Morgan fingerprint density at radius 1 is 1.50 bits per heavy atom. The second-order valence-corrected chi connectivity index (χ2v) is 3.68. The van der Waals surface area contributed by atoms with Gasteiger partial charge in [-0.25, -0.2) is 0 Å². The summed E-state index contributed by atoms with van der Waals surface area (Å²) >= 11 is 0. The molecule has 0 aromatic carbocycles. The molecule has 0 unspecified atom stereocenters. The molecule has 0 aliphatic rings. The molecule has 0 spiro atoms. The summed E-state index contributed by atoms with van der Waals surface area (Å²) in [6, 6.07) is 0. The molecule has 4 heteroatoms. The molecule has 0 atom stereocenters. The Hall–Kier alpha value is -1.32. The summed E-state index contributed by atoms with van der Waals surface area (Å²) < 4.78 is 4.99. The van der Waals surface area contributed by atoms with Gasteiger partial charge < -0.3 is 9.84 Å². The normalized spacial score (nSPS) is 10.6. The van der Waals surface area contributed by atoms with Gasteiger partial charge in [-0.1, -0.05) is 19.0 Å². The van der Waals surface area contributed by atoms with E-state index in [1.165, 1.54) is 0 Å². The fourth-order valence-corrected chi connectivity index (χ4v) is 1.13. The number of amides is 1. The molecule has 0 fully saturated rings. The predicted octanol–water partition coefficient (Wildman–Crippen LogP) is 1.56. The summed E-state index contributed by atoms with van der Waals surface area (Å²) in [5, 5.41) is 6.64. The number of nitrogens with zero attached hydrogens (tertiary/aromatic N) is 1. The SMILES string of the molecule is Cc1noc(C)c1CNC(=O)C(C)C. The van der Waals surface area contributed by atoms with Gasteiger partial charge in [0.05, 0.1) is 5.69 Å². The zero-order chi connectivity index (χ0) is 10.7. The van der Waals surface area contributed by atoms with E-state index in [1.54, 1.807) is 0 Å². The van der Waals surface area contributed by atoms with E-state index < -0.39 is 0 Å². The first-order valence-corrected chi connectivity index (χ1v) is 4.71. The fraction of sp³-hybridized carbons (Fsp3) is 0.600. The van der Waals surface area contributed by atoms with E-state index >= 15 is 0 Å². The van der Waals surface area contributed by atoms with Gasteiger partial charge in [0.25, 0.3) is 0 Å². The van der Waals surface area contributed by atoms with Crippen molar-refractivity contribution in [2.45, 2.75) is 34.2 Å². The number of rotatable bonds is 3. The quantitative estimate of drug-likeness (QED) is 0.798. The van der Waals surface area contributed by atoms with Crippen LogP contribution in [0.5, 0.6) is 0 Å². The highest BCUT2D eigenvalue weighted by Gasteiger charge is 2.11. The third-order valence-corrected chi connectivity index (χ3v) is 2.14. The lowest BCUT2D eigenvalue weighted by Crippen LogP contribution is -2.27. The minimum Gasteiger partial charge on any atom is -0.361 e. The van der Waals surface area contributed by atoms with Crippen molar-refractivity contribution in [1.29, 1.82) is 0 Å². The molecule has 4 nitrogen and oxygen atoms in total. The van der Waals surface area contributed by atoms with Crippen molar-refractivity contribution >= 4 is 5.91 Å². The van der Waals surface area contributed by atoms with E-state index in [-0.39, 0.29) is 11.8 Å². The second kappa shape index (κ2) is 4.26. The summed E-state index contributed by atoms with van der Waals surface area (Å²) in [5.74, 6) is 0.826. The van der Waals surface area contributed by atoms with Crippen LogP contribution in [-0.4, -0.2) is 11.1 Å². The van der Waals surface area contributed by atoms with E-state index in [9.17, 15) is 4.79 Å². The van der Waals surface area contributed by atoms with Crippen LogP contribution in [0.25, 0.3) is 0 Å². The Morgan fingerprint density at radius 2 is 2.14 bits per heavy atom. The summed E-state index contributed by atoms with van der Waals surface area (Å²) in [6.45, 7) is 7.94. The molecular formula is C10H16N2O2. The van der Waals surface area contributed by atoms with E-state index in [0.717, 1.165) is 17.0 Å². The average molecular weight is 196 g/mol. The lowest BCUT2D eigenvalue weighted by atomic mass is 10.2. The van der Waals surface area contributed by atoms with Gasteiger partial charge in [0.15, 0.2) is 0 Å². The first kappa shape index (κ1) is 10.8. The Labute approximate surface area is 83.7 Å². The Balaban J connectivity index is 2.58. The number of hydrogen-bond acceptors (Lipinski definition) is 3. The monoisotopic (exact) mass is 196 g/mol. The fourth-order valence-electron chi connectivity index (χ4n) is 1.13. The maximum atomic E-state index is 11.3. The second-order valence-electron chi connectivity index (χ2n) is 3.68. The lowest BCUT2D eigenvalue weighted by Gasteiger charge is -2.06. The van der Waals surface area contributed by atoms with Crippen LogP contribution in [-0.2, 0) is 11.3 Å². The zero-order valence-electron chi connectivity index (χ0n) is 9.05. The third kappa shape index (κ3) is 2.34. The molecule has 1 rings (SSSR count). The van der Waals surface area contributed by atoms with Gasteiger partial charge in [0.1, 0.15) is 5.76 Å². The van der Waals surface area contributed by atoms with Crippen LogP contribution in [0.2, 0.25) is 0 Å². The van der Waals surface area contributed by atoms with Crippen LogP contribution in [0, 0.1) is 19.8 Å². The maximum absolute atomic E-state index is 11.3. The molecule has 1 amide bonds. The van der Waals surface area contributed by atoms with Gasteiger partial charge in [0.2, 0.25) is 5.91 Å². The van der Waals surface area contributed by atoms with Crippen LogP contribution in [0.4, 0.5) is 0 Å². The standard InChI is InChI=1S/C10H16N2O2/c1-6(2)10(13)11-5-9-7(3)12-14-8(9)4/h6H,5H2,1-4H3,(H,11,13). The molecule has 0 saturated carbocycles. The summed E-state index contributed by atoms with van der Waals surface area (Å²) in [7, 11) is 0. The van der Waals surface area contributed by atoms with Gasteiger partial charge in [-0.15, -0.1) is 0 Å². The minimum atomic E-state index is 0.00970. The third-order valence-electron chi connectivity index (χ3n) is 2.14. The predicted molar refractivity (Wildman–Crippen MR) is 52.7 cm³/mol. The van der Waals surface area contributed by atoms with Crippen molar-refractivity contribution < 1.29 is 9.32 Å². The molecule has 1 N–H and O–H groups in total. The molecule has 0 aliphatic carbocycles. The first-order chi connectivity index (χ1) is 6.52. The molecular weight excluding hydrogens is 180 g/mol. The summed E-state index contributed by atoms with van der Waals surface area (Å²) in [6.07, 6.45) is 0. The van der Waals surface area contributed by atoms with Crippen molar-refractivity contribution in [3.05, 3.63) is 17.0 Å². The molecule has 0 saturated heterocycles. The highest BCUT2D eigenvalue weighted by atomic mass is 16.5. The highest BCUT2D eigenvalue weighted by Crippen LogP contribution is 2.11. The number of hydrogen-bond donors (Lipinski definition) is 1. The van der Waals surface area contributed by atoms with Crippen LogP contribution in [0.1, 0.15) is 30.9 Å². The zero-order valence-corrected chi connectivity index (χ0v) is 9.05. The maximum Gasteiger partial charge on any atom is 0.222 e. The molecule has 1 aromatic heterocycles. The topological polar surface area (TPSA) is 55.1 Å². The minimum absolute atomic E-state index is 0.00970. The lowest BCUT2D eigenvalue weighted by molar-refractivity contribution is -0.124. The smallest absolute Gasteiger partial charge is 0.222 e. The van der Waals surface area contributed by atoms with Crippen LogP contribution >= 0.6 is 0 Å². The van der Waals surface area contributed by atoms with Gasteiger partial charge >= 0.3 is 0 Å². The van der Waals surface area contributed by atoms with Crippen molar-refractivity contribution in [2.24, 2.45) is 5.92 Å². The van der Waals surface area contributed by atoms with Crippen molar-refractivity contribution in [3.8, 4) is 0 Å². The van der Waals surface area contributed by atoms with Crippen LogP contribution < -0.4 is 5.32 Å². The summed E-state index contributed by atoms with van der Waals surface area (Å²) in [5.41, 5.74) is 1.81. The number of aryl methyl sites for hydroxylation is 2. The molecule has 1 aromatic rings. The van der Waals surface area contributed by atoms with E-state index in [0.29, 0.717) is 6.54 Å². The van der Waals surface area contributed by atoms with Crippen LogP contribution in [0.15, 0.2) is 4.52 Å². The molecule has 0 bridgehead atoms. The Morgan fingerprint density at radius 3 is 2.57 bits per heavy atom. The van der Waals surface area contributed by atoms with Crippen LogP contribution in [0.3, 0.4) is 0 Å². The molecule has 0 radical (unpaired) electrons. The molecule has 78 valence electrons. The summed E-state index contributed by atoms with van der Waals surface area (Å²) in [4.78, 5) is 11.3. The van der Waals surface area contributed by atoms with Gasteiger partial charge in [-0.3, -0.25) is 4.79 Å². The highest BCUT2D eigenvalue weighted by molar-refractivity contribution is 5.77. The van der Waals surface area contributed by atoms with Gasteiger partial charge in [-0.05, 0) is 13.8 Å². The molecule has 0 aliphatic heterocycles. The number of aromatic nitrogens is 1. The van der Waals surface area contributed by atoms with Crippen molar-refractivity contribution in [1.82, 2.24) is 10.5 Å². The van der Waals surface area contributed by atoms with E-state index in [4.69, 9.17) is 4.52 Å². The molecule has 1 heterocycles. The van der Waals surface area contributed by atoms with E-state index in [1.807, 2.05) is 27.7 Å². The van der Waals surface area contributed by atoms with Gasteiger partial charge in [-0.2, -0.15) is 0 Å². The van der Waals surface area contributed by atoms with Gasteiger partial charge in [0, 0.05) is 18.0 Å². The molecule has 14 heavy (non-hydrogen) atoms. The number of carbonyl (C=O) groups is 1. The number of carbonyl (C=O) groups excluding carboxylic acids is 1. The Kier molecular flexibility index (Phi) is 3.28.